The number of rotatable bonds is 4. The molecule has 0 aliphatic heterocycles. The van der Waals surface area contributed by atoms with Crippen LogP contribution in [0, 0.1) is 11.6 Å². The average molecular weight is 295 g/mol. The predicted octanol–water partition coefficient (Wildman–Crippen LogP) is 2.97. The lowest BCUT2D eigenvalue weighted by Crippen LogP contribution is -2.05. The van der Waals surface area contributed by atoms with E-state index in [1.165, 1.54) is 11.3 Å². The highest BCUT2D eigenvalue weighted by atomic mass is 32.1. The molecule has 0 aliphatic carbocycles. The monoisotopic (exact) mass is 295 g/mol. The second-order valence-electron chi connectivity index (χ2n) is 4.17. The number of imidazole rings is 1. The van der Waals surface area contributed by atoms with Crippen molar-refractivity contribution >= 4 is 16.3 Å². The summed E-state index contributed by atoms with van der Waals surface area (Å²) >= 11 is 1.45. The van der Waals surface area contributed by atoms with Gasteiger partial charge in [0.1, 0.15) is 17.4 Å². The van der Waals surface area contributed by atoms with E-state index in [4.69, 9.17) is 10.5 Å². The number of aromatic nitrogens is 2. The molecule has 0 saturated carbocycles. The van der Waals surface area contributed by atoms with Gasteiger partial charge in [-0.15, -0.1) is 11.3 Å². The fourth-order valence-corrected chi connectivity index (χ4v) is 2.68. The summed E-state index contributed by atoms with van der Waals surface area (Å²) in [5.41, 5.74) is 6.36. The van der Waals surface area contributed by atoms with E-state index in [0.717, 1.165) is 28.9 Å². The summed E-state index contributed by atoms with van der Waals surface area (Å²) in [5.74, 6) is -0.985. The molecule has 2 N–H and O–H groups in total. The number of hydrogen-bond donors (Lipinski definition) is 1. The van der Waals surface area contributed by atoms with Crippen molar-refractivity contribution in [3.63, 3.8) is 0 Å². The predicted molar refractivity (Wildman–Crippen MR) is 72.3 cm³/mol. The Morgan fingerprint density at radius 3 is 2.70 bits per heavy atom. The van der Waals surface area contributed by atoms with E-state index in [2.05, 4.69) is 4.98 Å². The average Bonchev–Trinajstić information content (AvgIpc) is 2.92. The van der Waals surface area contributed by atoms with Crippen molar-refractivity contribution in [1.82, 2.24) is 9.38 Å². The van der Waals surface area contributed by atoms with Crippen LogP contribution < -0.4 is 10.5 Å². The first-order valence-corrected chi connectivity index (χ1v) is 6.84. The van der Waals surface area contributed by atoms with Crippen molar-refractivity contribution in [2.24, 2.45) is 5.73 Å². The number of ether oxygens (including phenoxy) is 1. The van der Waals surface area contributed by atoms with E-state index < -0.39 is 11.6 Å². The highest BCUT2D eigenvalue weighted by Gasteiger charge is 2.15. The van der Waals surface area contributed by atoms with Gasteiger partial charge in [-0.3, -0.25) is 4.40 Å². The minimum atomic E-state index is -0.693. The zero-order valence-corrected chi connectivity index (χ0v) is 11.2. The maximum atomic E-state index is 13.2. The molecule has 0 bridgehead atoms. The van der Waals surface area contributed by atoms with Crippen molar-refractivity contribution < 1.29 is 13.5 Å². The number of fused-ring (bicyclic) bond motifs is 1. The number of hydrogen-bond acceptors (Lipinski definition) is 4. The molecule has 0 aliphatic rings. The second-order valence-corrected chi connectivity index (χ2v) is 5.04. The summed E-state index contributed by atoms with van der Waals surface area (Å²) in [6.45, 7) is 0.428. The fourth-order valence-electron chi connectivity index (χ4n) is 1.96. The van der Waals surface area contributed by atoms with Crippen molar-refractivity contribution in [2.45, 2.75) is 6.42 Å². The summed E-state index contributed by atoms with van der Waals surface area (Å²) in [6, 6.07) is 3.02. The Hall–Kier alpha value is -1.99. The Labute approximate surface area is 117 Å². The van der Waals surface area contributed by atoms with Gasteiger partial charge in [0.25, 0.3) is 0 Å². The SMILES string of the molecule is NCCc1c(Oc2cc(F)cc(F)c2)nc2sccn12. The van der Waals surface area contributed by atoms with Gasteiger partial charge in [-0.25, -0.2) is 8.78 Å². The van der Waals surface area contributed by atoms with Crippen molar-refractivity contribution in [2.75, 3.05) is 6.54 Å². The molecule has 20 heavy (non-hydrogen) atoms. The molecule has 0 unspecified atom stereocenters. The minimum absolute atomic E-state index is 0.0755. The van der Waals surface area contributed by atoms with Crippen LogP contribution in [-0.2, 0) is 6.42 Å². The first kappa shape index (κ1) is 13.0. The van der Waals surface area contributed by atoms with Crippen LogP contribution in [0.4, 0.5) is 8.78 Å². The van der Waals surface area contributed by atoms with Crippen LogP contribution in [0.1, 0.15) is 5.69 Å². The molecule has 0 saturated heterocycles. The lowest BCUT2D eigenvalue weighted by molar-refractivity contribution is 0.448. The Kier molecular flexibility index (Phi) is 3.37. The molecule has 0 amide bonds. The van der Waals surface area contributed by atoms with Crippen LogP contribution in [0.25, 0.3) is 4.96 Å². The smallest absolute Gasteiger partial charge is 0.242 e. The van der Waals surface area contributed by atoms with Gasteiger partial charge in [0, 0.05) is 36.2 Å². The van der Waals surface area contributed by atoms with Crippen LogP contribution in [0.5, 0.6) is 11.6 Å². The highest BCUT2D eigenvalue weighted by molar-refractivity contribution is 7.15. The lowest BCUT2D eigenvalue weighted by Gasteiger charge is -2.05. The van der Waals surface area contributed by atoms with E-state index in [0.29, 0.717) is 18.8 Å². The van der Waals surface area contributed by atoms with Crippen LogP contribution in [-0.4, -0.2) is 15.9 Å². The van der Waals surface area contributed by atoms with Crippen molar-refractivity contribution in [3.05, 3.63) is 47.1 Å². The molecule has 2 heterocycles. The molecule has 3 aromatic rings. The summed E-state index contributed by atoms with van der Waals surface area (Å²) in [6.07, 6.45) is 2.42. The molecule has 1 aromatic carbocycles. The standard InChI is InChI=1S/C13H11F2N3OS/c14-8-5-9(15)7-10(6-8)19-12-11(1-2-16)18-3-4-20-13(18)17-12/h3-7H,1-2,16H2. The zero-order valence-electron chi connectivity index (χ0n) is 10.3. The molecule has 0 spiro atoms. The summed E-state index contributed by atoms with van der Waals surface area (Å²) in [5, 5.41) is 1.90. The molecule has 0 atom stereocenters. The molecule has 7 heteroatoms. The van der Waals surface area contributed by atoms with Gasteiger partial charge in [-0.1, -0.05) is 0 Å². The van der Waals surface area contributed by atoms with Gasteiger partial charge in [0.05, 0.1) is 5.69 Å². The second kappa shape index (κ2) is 5.18. The number of benzene rings is 1. The third kappa shape index (κ3) is 2.37. The molecule has 4 nitrogen and oxygen atoms in total. The van der Waals surface area contributed by atoms with Crippen molar-refractivity contribution in [1.29, 1.82) is 0 Å². The molecule has 104 valence electrons. The van der Waals surface area contributed by atoms with Crippen LogP contribution in [0.15, 0.2) is 29.8 Å². The minimum Gasteiger partial charge on any atom is -0.437 e. The van der Waals surface area contributed by atoms with Crippen molar-refractivity contribution in [3.8, 4) is 11.6 Å². The molecular formula is C13H11F2N3OS. The highest BCUT2D eigenvalue weighted by Crippen LogP contribution is 2.28. The van der Waals surface area contributed by atoms with Gasteiger partial charge in [-0.05, 0) is 6.54 Å². The van der Waals surface area contributed by atoms with E-state index >= 15 is 0 Å². The Bertz CT molecular complexity index is 733. The number of nitrogens with two attached hydrogens (primary N) is 1. The number of halogens is 2. The molecule has 0 fully saturated rings. The molecule has 2 aromatic heterocycles. The van der Waals surface area contributed by atoms with Crippen LogP contribution in [0.3, 0.4) is 0 Å². The summed E-state index contributed by atoms with van der Waals surface area (Å²) < 4.78 is 33.7. The number of thiazole rings is 1. The molecule has 0 radical (unpaired) electrons. The maximum absolute atomic E-state index is 13.2. The van der Waals surface area contributed by atoms with E-state index in [-0.39, 0.29) is 5.75 Å². The van der Waals surface area contributed by atoms with Gasteiger partial charge < -0.3 is 10.5 Å². The third-order valence-electron chi connectivity index (χ3n) is 2.76. The van der Waals surface area contributed by atoms with Gasteiger partial charge in [-0.2, -0.15) is 4.98 Å². The van der Waals surface area contributed by atoms with Crippen LogP contribution >= 0.6 is 11.3 Å². The molecule has 3 rings (SSSR count). The Morgan fingerprint density at radius 2 is 2.00 bits per heavy atom. The summed E-state index contributed by atoms with van der Waals surface area (Å²) in [4.78, 5) is 5.06. The van der Waals surface area contributed by atoms with Gasteiger partial charge >= 0.3 is 0 Å². The largest absolute Gasteiger partial charge is 0.437 e. The zero-order chi connectivity index (χ0) is 14.1. The van der Waals surface area contributed by atoms with E-state index in [9.17, 15) is 8.78 Å². The summed E-state index contributed by atoms with van der Waals surface area (Å²) in [7, 11) is 0. The fraction of sp³-hybridized carbons (Fsp3) is 0.154. The van der Waals surface area contributed by atoms with E-state index in [1.807, 2.05) is 16.0 Å². The van der Waals surface area contributed by atoms with Crippen LogP contribution in [0.2, 0.25) is 0 Å². The third-order valence-corrected chi connectivity index (χ3v) is 3.51. The maximum Gasteiger partial charge on any atom is 0.242 e. The van der Waals surface area contributed by atoms with Gasteiger partial charge in [0.15, 0.2) is 4.96 Å². The lowest BCUT2D eigenvalue weighted by atomic mass is 10.3. The first-order chi connectivity index (χ1) is 9.67. The normalized spacial score (nSPS) is 11.2. The van der Waals surface area contributed by atoms with E-state index in [1.54, 1.807) is 0 Å². The Morgan fingerprint density at radius 1 is 1.25 bits per heavy atom. The quantitative estimate of drug-likeness (QED) is 0.805. The Balaban J connectivity index is 2.00. The molecular weight excluding hydrogens is 284 g/mol. The van der Waals surface area contributed by atoms with Gasteiger partial charge in [0.2, 0.25) is 5.88 Å². The number of nitrogens with zero attached hydrogens (tertiary/aromatic N) is 2. The topological polar surface area (TPSA) is 52.5 Å². The first-order valence-electron chi connectivity index (χ1n) is 5.96.